The van der Waals surface area contributed by atoms with Gasteiger partial charge in [-0.1, -0.05) is 127 Å². The fraction of sp³-hybridized carbons (Fsp3) is 0.200. The Labute approximate surface area is 339 Å². The summed E-state index contributed by atoms with van der Waals surface area (Å²) in [5.41, 5.74) is 4.00. The van der Waals surface area contributed by atoms with E-state index in [2.05, 4.69) is 26.6 Å². The number of anilines is 1. The molecule has 302 valence electrons. The van der Waals surface area contributed by atoms with Crippen LogP contribution in [-0.2, 0) is 48.0 Å². The summed E-state index contributed by atoms with van der Waals surface area (Å²) >= 11 is 0. The molecule has 0 fully saturated rings. The van der Waals surface area contributed by atoms with Crippen LogP contribution in [0.1, 0.15) is 28.3 Å². The molecule has 2 heterocycles. The van der Waals surface area contributed by atoms with Crippen molar-refractivity contribution in [2.75, 3.05) is 5.32 Å². The predicted octanol–water partition coefficient (Wildman–Crippen LogP) is 2.45. The number of nitrogens with one attached hydrogen (secondary N) is 5. The standard InChI is InChI=1S/C45H43N5O9/c51-38-39(52)44(57)50-37(32-14-8-3-9-15-32)42(55)48-35(25-28-16-20-31(21-17-28)30-12-6-2-7-13-30)40(53)47-34(24-27-10-4-1-5-11-27)41(54)49-36(45(58)59)26-29-18-22-33(23-19-29)46-43(38)56/h1-23,34-39,51-52H,24-26H2,(H,46,56)(H,47,53)(H,48,55)(H,49,54)(H,50,57)(H,58,59)/t34-,35+,36+,37-,38-,39-/m1/s1. The van der Waals surface area contributed by atoms with Crippen LogP contribution in [0.5, 0.6) is 0 Å². The molecule has 0 saturated carbocycles. The lowest BCUT2D eigenvalue weighted by molar-refractivity contribution is -0.145. The second-order valence-electron chi connectivity index (χ2n) is 14.1. The Hall–Kier alpha value is -7.16. The highest BCUT2D eigenvalue weighted by Gasteiger charge is 2.36. The number of hydrogen-bond acceptors (Lipinski definition) is 8. The Morgan fingerprint density at radius 2 is 1.00 bits per heavy atom. The van der Waals surface area contributed by atoms with Crippen molar-refractivity contribution in [1.29, 1.82) is 0 Å². The van der Waals surface area contributed by atoms with Crippen molar-refractivity contribution in [2.45, 2.75) is 55.6 Å². The molecule has 5 aromatic carbocycles. The molecule has 14 nitrogen and oxygen atoms in total. The quantitative estimate of drug-likeness (QED) is 0.113. The van der Waals surface area contributed by atoms with Crippen molar-refractivity contribution in [3.63, 3.8) is 0 Å². The Bertz CT molecular complexity index is 2260. The summed E-state index contributed by atoms with van der Waals surface area (Å²) in [6.07, 6.45) is -4.89. The number of hydrogen-bond donors (Lipinski definition) is 8. The minimum absolute atomic E-state index is 0.0332. The van der Waals surface area contributed by atoms with E-state index >= 15 is 0 Å². The SMILES string of the molecule is O=C(O)[C@@H]1Cc2ccc(cc2)NC(=O)[C@H](O)[C@@H](O)C(=O)N[C@H](c2ccccc2)C(=O)N[C@@H](Cc2ccc(-c3ccccc3)cc2)C(=O)N[C@H](Cc2ccccc2)C(=O)N1. The molecular weight excluding hydrogens is 755 g/mol. The lowest BCUT2D eigenvalue weighted by Gasteiger charge is -2.27. The number of aliphatic hydroxyl groups excluding tert-OH is 2. The summed E-state index contributed by atoms with van der Waals surface area (Å²) in [5, 5.41) is 44.5. The normalized spacial score (nSPS) is 22.1. The maximum atomic E-state index is 14.4. The van der Waals surface area contributed by atoms with Crippen LogP contribution in [0.15, 0.2) is 140 Å². The van der Waals surface area contributed by atoms with E-state index in [0.29, 0.717) is 16.7 Å². The van der Waals surface area contributed by atoms with Crippen molar-refractivity contribution in [1.82, 2.24) is 21.3 Å². The summed E-state index contributed by atoms with van der Waals surface area (Å²) in [6, 6.07) is 33.8. The van der Waals surface area contributed by atoms with Gasteiger partial charge in [0.25, 0.3) is 11.8 Å². The van der Waals surface area contributed by atoms with Crippen LogP contribution in [0, 0.1) is 0 Å². The molecule has 0 saturated heterocycles. The predicted molar refractivity (Wildman–Crippen MR) is 217 cm³/mol. The highest BCUT2D eigenvalue weighted by molar-refractivity contribution is 6.00. The number of carboxylic acids is 1. The zero-order chi connectivity index (χ0) is 41.9. The van der Waals surface area contributed by atoms with Crippen LogP contribution in [0.2, 0.25) is 0 Å². The fourth-order valence-corrected chi connectivity index (χ4v) is 6.60. The summed E-state index contributed by atoms with van der Waals surface area (Å²) in [5.74, 6) is -6.21. The van der Waals surface area contributed by atoms with Crippen LogP contribution in [0.3, 0.4) is 0 Å². The first kappa shape index (κ1) is 41.5. The van der Waals surface area contributed by atoms with Gasteiger partial charge >= 0.3 is 5.97 Å². The molecule has 2 bridgehead atoms. The van der Waals surface area contributed by atoms with E-state index in [1.807, 2.05) is 42.5 Å². The van der Waals surface area contributed by atoms with Crippen LogP contribution in [0.25, 0.3) is 11.1 Å². The second kappa shape index (κ2) is 19.3. The molecule has 7 rings (SSSR count). The third-order valence-corrected chi connectivity index (χ3v) is 9.84. The van der Waals surface area contributed by atoms with Gasteiger partial charge in [-0.25, -0.2) is 4.79 Å². The number of carbonyl (C=O) groups excluding carboxylic acids is 5. The van der Waals surface area contributed by atoms with Crippen LogP contribution in [-0.4, -0.2) is 81.2 Å². The smallest absolute Gasteiger partial charge is 0.326 e. The number of rotatable bonds is 7. The van der Waals surface area contributed by atoms with Crippen molar-refractivity contribution in [3.8, 4) is 11.1 Å². The average molecular weight is 798 g/mol. The maximum absolute atomic E-state index is 14.4. The van der Waals surface area contributed by atoms with Gasteiger partial charge in [-0.3, -0.25) is 24.0 Å². The molecule has 0 aromatic heterocycles. The second-order valence-corrected chi connectivity index (χ2v) is 14.1. The largest absolute Gasteiger partial charge is 0.480 e. The molecule has 0 aliphatic carbocycles. The number of amides is 5. The van der Waals surface area contributed by atoms with E-state index in [4.69, 9.17) is 0 Å². The number of aliphatic carboxylic acids is 1. The average Bonchev–Trinajstić information content (AvgIpc) is 3.25. The summed E-state index contributed by atoms with van der Waals surface area (Å²) < 4.78 is 0. The zero-order valence-corrected chi connectivity index (χ0v) is 31.7. The van der Waals surface area contributed by atoms with Crippen molar-refractivity contribution < 1.29 is 44.1 Å². The van der Waals surface area contributed by atoms with E-state index < -0.39 is 71.9 Å². The van der Waals surface area contributed by atoms with E-state index in [1.54, 1.807) is 60.7 Å². The lowest BCUT2D eigenvalue weighted by Crippen LogP contribution is -2.58. The topological polar surface area (TPSA) is 223 Å². The molecule has 59 heavy (non-hydrogen) atoms. The van der Waals surface area contributed by atoms with Gasteiger partial charge in [0.1, 0.15) is 24.2 Å². The van der Waals surface area contributed by atoms with Gasteiger partial charge < -0.3 is 41.9 Å². The molecule has 0 spiro atoms. The fourth-order valence-electron chi connectivity index (χ4n) is 6.60. The lowest BCUT2D eigenvalue weighted by atomic mass is 9.98. The molecule has 0 radical (unpaired) electrons. The zero-order valence-electron chi connectivity index (χ0n) is 31.7. The number of aliphatic hydroxyl groups is 2. The van der Waals surface area contributed by atoms with Gasteiger partial charge in [-0.15, -0.1) is 0 Å². The number of carbonyl (C=O) groups is 6. The Balaban J connectivity index is 1.38. The molecule has 14 heteroatoms. The Morgan fingerprint density at radius 1 is 0.508 bits per heavy atom. The minimum Gasteiger partial charge on any atom is -0.480 e. The molecule has 2 aliphatic rings. The van der Waals surface area contributed by atoms with Crippen LogP contribution in [0.4, 0.5) is 5.69 Å². The van der Waals surface area contributed by atoms with E-state index in [0.717, 1.165) is 11.1 Å². The molecule has 5 amide bonds. The highest BCUT2D eigenvalue weighted by atomic mass is 16.4. The van der Waals surface area contributed by atoms with Gasteiger partial charge in [0.15, 0.2) is 12.2 Å². The Kier molecular flexibility index (Phi) is 13.6. The van der Waals surface area contributed by atoms with Gasteiger partial charge in [0.2, 0.25) is 17.7 Å². The summed E-state index contributed by atoms with van der Waals surface area (Å²) in [6.45, 7) is 0. The maximum Gasteiger partial charge on any atom is 0.326 e. The van der Waals surface area contributed by atoms with Gasteiger partial charge in [-0.2, -0.15) is 0 Å². The van der Waals surface area contributed by atoms with Crippen LogP contribution < -0.4 is 26.6 Å². The first-order valence-corrected chi connectivity index (χ1v) is 18.9. The van der Waals surface area contributed by atoms with Gasteiger partial charge in [0.05, 0.1) is 0 Å². The molecular formula is C45H43N5O9. The molecule has 5 aromatic rings. The number of benzene rings is 5. The highest BCUT2D eigenvalue weighted by Crippen LogP contribution is 2.21. The van der Waals surface area contributed by atoms with Gasteiger partial charge in [-0.05, 0) is 45.5 Å². The number of carboxylic acid groups (broad SMARTS) is 1. The Morgan fingerprint density at radius 3 is 1.59 bits per heavy atom. The van der Waals surface area contributed by atoms with Crippen LogP contribution >= 0.6 is 0 Å². The summed E-state index contributed by atoms with van der Waals surface area (Å²) in [7, 11) is 0. The number of fused-ring (bicyclic) bond motifs is 18. The van der Waals surface area contributed by atoms with E-state index in [1.165, 1.54) is 36.4 Å². The molecule has 6 atom stereocenters. The van der Waals surface area contributed by atoms with E-state index in [9.17, 15) is 44.1 Å². The molecule has 2 aliphatic heterocycles. The first-order valence-electron chi connectivity index (χ1n) is 18.9. The van der Waals surface area contributed by atoms with Crippen molar-refractivity contribution in [3.05, 3.63) is 162 Å². The third-order valence-electron chi connectivity index (χ3n) is 9.84. The van der Waals surface area contributed by atoms with Crippen molar-refractivity contribution >= 4 is 41.2 Å². The molecule has 8 N–H and O–H groups in total. The summed E-state index contributed by atoms with van der Waals surface area (Å²) in [4.78, 5) is 81.5. The minimum atomic E-state index is -2.32. The van der Waals surface area contributed by atoms with Gasteiger partial charge in [0, 0.05) is 24.9 Å². The van der Waals surface area contributed by atoms with Crippen molar-refractivity contribution in [2.24, 2.45) is 0 Å². The third kappa shape index (κ3) is 11.0. The first-order chi connectivity index (χ1) is 28.4. The molecule has 0 unspecified atom stereocenters. The van der Waals surface area contributed by atoms with E-state index in [-0.39, 0.29) is 30.5 Å². The monoisotopic (exact) mass is 797 g/mol.